The van der Waals surface area contributed by atoms with Gasteiger partial charge in [0.25, 0.3) is 5.56 Å². The van der Waals surface area contributed by atoms with Crippen molar-refractivity contribution in [2.75, 3.05) is 13.9 Å². The van der Waals surface area contributed by atoms with Gasteiger partial charge >= 0.3 is 0 Å². The van der Waals surface area contributed by atoms with Crippen LogP contribution in [-0.4, -0.2) is 29.8 Å². The first kappa shape index (κ1) is 25.7. The maximum Gasteiger partial charge on any atom is 0.282 e. The lowest BCUT2D eigenvalue weighted by Crippen LogP contribution is -2.20. The summed E-state index contributed by atoms with van der Waals surface area (Å²) in [5.41, 5.74) is 2.43. The number of aromatic nitrogens is 2. The molecule has 0 amide bonds. The fraction of sp³-hybridized carbons (Fsp3) is 0.0938. The Morgan fingerprint density at radius 2 is 1.86 bits per heavy atom. The molecule has 208 valence electrons. The molecule has 3 heterocycles. The zero-order valence-electron chi connectivity index (χ0n) is 22.2. The molecule has 2 aromatic heterocycles. The Hall–Kier alpha value is -5.28. The van der Waals surface area contributed by atoms with Crippen LogP contribution >= 0.6 is 11.6 Å². The van der Waals surface area contributed by atoms with Crippen molar-refractivity contribution in [3.63, 3.8) is 0 Å². The van der Waals surface area contributed by atoms with Gasteiger partial charge in [0.1, 0.15) is 12.2 Å². The van der Waals surface area contributed by atoms with Crippen molar-refractivity contribution in [3.05, 3.63) is 111 Å². The lowest BCUT2D eigenvalue weighted by atomic mass is 10.2. The van der Waals surface area contributed by atoms with E-state index in [4.69, 9.17) is 39.9 Å². The lowest BCUT2D eigenvalue weighted by Gasteiger charge is -2.12. The predicted octanol–water partition coefficient (Wildman–Crippen LogP) is 6.66. The van der Waals surface area contributed by atoms with Crippen LogP contribution in [0.1, 0.15) is 11.1 Å². The van der Waals surface area contributed by atoms with Crippen molar-refractivity contribution >= 4 is 39.7 Å². The lowest BCUT2D eigenvalue weighted by molar-refractivity contribution is 0.174. The fourth-order valence-electron chi connectivity index (χ4n) is 4.71. The zero-order valence-corrected chi connectivity index (χ0v) is 23.0. The zero-order chi connectivity index (χ0) is 28.6. The molecule has 0 radical (unpaired) electrons. The van der Waals surface area contributed by atoms with Crippen LogP contribution in [0.3, 0.4) is 0 Å². The molecule has 42 heavy (non-hydrogen) atoms. The van der Waals surface area contributed by atoms with E-state index in [2.05, 4.69) is 5.10 Å². The number of furan rings is 1. The molecule has 0 N–H and O–H groups in total. The number of halogens is 1. The number of para-hydroxylation sites is 1. The van der Waals surface area contributed by atoms with Crippen LogP contribution in [0, 0.1) is 0 Å². The number of hydrogen-bond acceptors (Lipinski definition) is 8. The Kier molecular flexibility index (Phi) is 6.48. The van der Waals surface area contributed by atoms with E-state index < -0.39 is 0 Å². The molecule has 1 aliphatic rings. The third kappa shape index (κ3) is 4.80. The molecule has 4 aromatic carbocycles. The minimum atomic E-state index is -0.332. The summed E-state index contributed by atoms with van der Waals surface area (Å²) < 4.78 is 29.7. The van der Waals surface area contributed by atoms with Gasteiger partial charge in [0, 0.05) is 10.4 Å². The second-order valence-corrected chi connectivity index (χ2v) is 9.93. The predicted molar refractivity (Wildman–Crippen MR) is 159 cm³/mol. The number of fused-ring (bicyclic) bond motifs is 3. The maximum atomic E-state index is 13.6. The summed E-state index contributed by atoms with van der Waals surface area (Å²) in [5.74, 6) is 3.12. The third-order valence-electron chi connectivity index (χ3n) is 6.79. The van der Waals surface area contributed by atoms with Gasteiger partial charge in [-0.15, -0.1) is 0 Å². The van der Waals surface area contributed by atoms with Gasteiger partial charge < -0.3 is 23.4 Å². The molecule has 9 nitrogen and oxygen atoms in total. The number of nitrogens with zero attached hydrogens (tertiary/aromatic N) is 3. The molecule has 10 heteroatoms. The highest BCUT2D eigenvalue weighted by Crippen LogP contribution is 2.34. The molecule has 0 spiro atoms. The van der Waals surface area contributed by atoms with Crippen LogP contribution in [0.15, 0.2) is 99.2 Å². The average Bonchev–Trinajstić information content (AvgIpc) is 3.66. The molecule has 0 saturated heterocycles. The largest absolute Gasteiger partial charge is 0.493 e. The highest BCUT2D eigenvalue weighted by atomic mass is 35.5. The summed E-state index contributed by atoms with van der Waals surface area (Å²) in [6.45, 7) is 0.525. The van der Waals surface area contributed by atoms with Crippen molar-refractivity contribution in [1.82, 2.24) is 9.66 Å². The van der Waals surface area contributed by atoms with Gasteiger partial charge in [0.05, 0.1) is 24.2 Å². The molecule has 0 saturated carbocycles. The number of rotatable bonds is 7. The van der Waals surface area contributed by atoms with Gasteiger partial charge in [0.2, 0.25) is 12.6 Å². The SMILES string of the molecule is COc1cc(C=Nn2c(-c3cc4cc(Cl)ccc4o3)nc3ccccc3c2=O)ccc1OCc1ccc2c(c1)OCO2. The molecular weight excluding hydrogens is 558 g/mol. The fourth-order valence-corrected chi connectivity index (χ4v) is 4.90. The van der Waals surface area contributed by atoms with Crippen molar-refractivity contribution < 1.29 is 23.4 Å². The van der Waals surface area contributed by atoms with Gasteiger partial charge in [-0.25, -0.2) is 4.98 Å². The number of ether oxygens (including phenoxy) is 4. The first-order chi connectivity index (χ1) is 20.6. The van der Waals surface area contributed by atoms with Gasteiger partial charge in [-0.3, -0.25) is 4.79 Å². The third-order valence-corrected chi connectivity index (χ3v) is 7.03. The van der Waals surface area contributed by atoms with Crippen LogP contribution in [0.4, 0.5) is 0 Å². The van der Waals surface area contributed by atoms with E-state index >= 15 is 0 Å². The highest BCUT2D eigenvalue weighted by molar-refractivity contribution is 6.31. The van der Waals surface area contributed by atoms with Crippen molar-refractivity contribution in [2.45, 2.75) is 6.61 Å². The van der Waals surface area contributed by atoms with Crippen LogP contribution in [0.2, 0.25) is 5.02 Å². The Balaban J connectivity index is 1.21. The van der Waals surface area contributed by atoms with E-state index in [0.29, 0.717) is 62.4 Å². The van der Waals surface area contributed by atoms with Crippen molar-refractivity contribution in [3.8, 4) is 34.6 Å². The standard InChI is InChI=1S/C32H22ClN3O6/c1-38-28-12-19(6-9-26(28)39-17-20-7-10-27-29(13-20)41-18-40-27)16-34-36-31(35-24-5-3-2-4-23(24)32(36)37)30-15-21-14-22(33)8-11-25(21)42-30/h2-16H,17-18H2,1H3. The van der Waals surface area contributed by atoms with Crippen LogP contribution in [0.5, 0.6) is 23.0 Å². The van der Waals surface area contributed by atoms with Gasteiger partial charge in [-0.1, -0.05) is 29.8 Å². The summed E-state index contributed by atoms with van der Waals surface area (Å²) >= 11 is 6.17. The van der Waals surface area contributed by atoms with Gasteiger partial charge in [-0.05, 0) is 77.9 Å². The second-order valence-electron chi connectivity index (χ2n) is 9.49. The molecule has 0 bridgehead atoms. The van der Waals surface area contributed by atoms with Crippen LogP contribution in [0.25, 0.3) is 33.5 Å². The summed E-state index contributed by atoms with van der Waals surface area (Å²) in [6.07, 6.45) is 1.56. The van der Waals surface area contributed by atoms with Crippen LogP contribution in [-0.2, 0) is 6.61 Å². The summed E-state index contributed by atoms with van der Waals surface area (Å²) in [6, 6.07) is 25.3. The topological polar surface area (TPSA) is 97.3 Å². The molecule has 7 rings (SSSR count). The van der Waals surface area contributed by atoms with Gasteiger partial charge in [-0.2, -0.15) is 9.78 Å². The van der Waals surface area contributed by atoms with Crippen molar-refractivity contribution in [2.24, 2.45) is 5.10 Å². The molecule has 1 aliphatic heterocycles. The minimum Gasteiger partial charge on any atom is -0.493 e. The Morgan fingerprint density at radius 1 is 0.976 bits per heavy atom. The summed E-state index contributed by atoms with van der Waals surface area (Å²) in [4.78, 5) is 18.3. The molecule has 0 unspecified atom stereocenters. The van der Waals surface area contributed by atoms with E-state index in [1.54, 1.807) is 67.9 Å². The van der Waals surface area contributed by atoms with Crippen LogP contribution < -0.4 is 24.5 Å². The minimum absolute atomic E-state index is 0.215. The normalized spacial score (nSPS) is 12.4. The average molecular weight is 580 g/mol. The van der Waals surface area contributed by atoms with E-state index in [1.165, 1.54) is 4.68 Å². The van der Waals surface area contributed by atoms with Gasteiger partial charge in [0.15, 0.2) is 28.8 Å². The molecule has 0 aliphatic carbocycles. The number of benzene rings is 4. The molecule has 0 atom stereocenters. The highest BCUT2D eigenvalue weighted by Gasteiger charge is 2.17. The molecular formula is C32H22ClN3O6. The van der Waals surface area contributed by atoms with E-state index in [9.17, 15) is 4.79 Å². The Morgan fingerprint density at radius 3 is 2.76 bits per heavy atom. The molecule has 6 aromatic rings. The van der Waals surface area contributed by atoms with Crippen molar-refractivity contribution in [1.29, 1.82) is 0 Å². The smallest absolute Gasteiger partial charge is 0.282 e. The number of methoxy groups -OCH3 is 1. The van der Waals surface area contributed by atoms with E-state index in [0.717, 1.165) is 10.9 Å². The quantitative estimate of drug-likeness (QED) is 0.195. The first-order valence-corrected chi connectivity index (χ1v) is 13.4. The molecule has 0 fully saturated rings. The van der Waals surface area contributed by atoms with E-state index in [-0.39, 0.29) is 18.2 Å². The Bertz CT molecular complexity index is 2070. The monoisotopic (exact) mass is 579 g/mol. The second kappa shape index (κ2) is 10.6. The van der Waals surface area contributed by atoms with E-state index in [1.807, 2.05) is 30.3 Å². The number of hydrogen-bond donors (Lipinski definition) is 0. The summed E-state index contributed by atoms with van der Waals surface area (Å²) in [7, 11) is 1.56. The summed E-state index contributed by atoms with van der Waals surface area (Å²) in [5, 5.41) is 6.33. The first-order valence-electron chi connectivity index (χ1n) is 13.0. The maximum absolute atomic E-state index is 13.6. The Labute approximate surface area is 244 Å².